The standard InChI is InChI=1S/C24H19ClN4O4S/c25-21-14-18(29-11-12-33-15-34(29,31)32)6-7-19(21)24(30)28-17-4-1-3-16(13-17)23-20-5-2-9-26-22(20)8-10-27-23/h1-10,13-14H,11-12,15H2,(H,28,30). The molecule has 2 aromatic heterocycles. The van der Waals surface area contributed by atoms with Gasteiger partial charge >= 0.3 is 0 Å². The molecule has 172 valence electrons. The van der Waals surface area contributed by atoms with Crippen LogP contribution in [0.1, 0.15) is 10.4 Å². The van der Waals surface area contributed by atoms with Gasteiger partial charge in [-0.3, -0.25) is 19.1 Å². The molecule has 0 spiro atoms. The summed E-state index contributed by atoms with van der Waals surface area (Å²) in [5, 5.41) is 3.91. The van der Waals surface area contributed by atoms with Gasteiger partial charge in [-0.2, -0.15) is 0 Å². The Bertz CT molecular complexity index is 1500. The van der Waals surface area contributed by atoms with Gasteiger partial charge in [0.15, 0.2) is 5.94 Å². The topological polar surface area (TPSA) is 101 Å². The van der Waals surface area contributed by atoms with Gasteiger partial charge in [0.05, 0.1) is 40.6 Å². The summed E-state index contributed by atoms with van der Waals surface area (Å²) in [5.41, 5.74) is 3.61. The third-order valence-electron chi connectivity index (χ3n) is 5.42. The van der Waals surface area contributed by atoms with E-state index in [9.17, 15) is 13.2 Å². The maximum absolute atomic E-state index is 12.9. The molecular weight excluding hydrogens is 476 g/mol. The van der Waals surface area contributed by atoms with Crippen LogP contribution >= 0.6 is 11.6 Å². The number of halogens is 1. The number of hydrogen-bond donors (Lipinski definition) is 1. The van der Waals surface area contributed by atoms with E-state index in [1.165, 1.54) is 16.4 Å². The average Bonchev–Trinajstić information content (AvgIpc) is 2.83. The van der Waals surface area contributed by atoms with E-state index in [-0.39, 0.29) is 29.7 Å². The number of carbonyl (C=O) groups is 1. The highest BCUT2D eigenvalue weighted by atomic mass is 35.5. The van der Waals surface area contributed by atoms with Crippen molar-refractivity contribution in [3.63, 3.8) is 0 Å². The number of amides is 1. The molecule has 0 bridgehead atoms. The van der Waals surface area contributed by atoms with Gasteiger partial charge in [0.25, 0.3) is 15.9 Å². The van der Waals surface area contributed by atoms with E-state index in [1.54, 1.807) is 24.5 Å². The second-order valence-electron chi connectivity index (χ2n) is 7.64. The second-order valence-corrected chi connectivity index (χ2v) is 9.89. The maximum Gasteiger partial charge on any atom is 0.259 e. The molecule has 0 atom stereocenters. The minimum absolute atomic E-state index is 0.148. The number of anilines is 2. The van der Waals surface area contributed by atoms with Crippen LogP contribution in [-0.2, 0) is 14.8 Å². The highest BCUT2D eigenvalue weighted by Crippen LogP contribution is 2.29. The molecular formula is C24H19ClN4O4S. The number of ether oxygens (including phenoxy) is 1. The Balaban J connectivity index is 1.40. The second kappa shape index (κ2) is 9.02. The first-order valence-electron chi connectivity index (χ1n) is 10.4. The van der Waals surface area contributed by atoms with Crippen molar-refractivity contribution >= 4 is 49.8 Å². The van der Waals surface area contributed by atoms with Crippen molar-refractivity contribution in [1.82, 2.24) is 9.97 Å². The lowest BCUT2D eigenvalue weighted by molar-refractivity contribution is 0.102. The Labute approximate surface area is 201 Å². The molecule has 0 unspecified atom stereocenters. The molecule has 8 nitrogen and oxygen atoms in total. The Morgan fingerprint density at radius 1 is 1.03 bits per heavy atom. The Hall–Kier alpha value is -3.53. The van der Waals surface area contributed by atoms with Crippen LogP contribution in [0.5, 0.6) is 0 Å². The van der Waals surface area contributed by atoms with E-state index in [0.717, 1.165) is 22.2 Å². The summed E-state index contributed by atoms with van der Waals surface area (Å²) in [5.74, 6) is -0.795. The van der Waals surface area contributed by atoms with Crippen molar-refractivity contribution < 1.29 is 17.9 Å². The summed E-state index contributed by atoms with van der Waals surface area (Å²) in [4.78, 5) is 21.8. The molecule has 1 amide bonds. The minimum atomic E-state index is -3.58. The van der Waals surface area contributed by atoms with Crippen molar-refractivity contribution in [2.75, 3.05) is 28.7 Å². The summed E-state index contributed by atoms with van der Waals surface area (Å²) < 4.78 is 30.8. The maximum atomic E-state index is 12.9. The molecule has 1 saturated heterocycles. The van der Waals surface area contributed by atoms with Gasteiger partial charge in [-0.15, -0.1) is 0 Å². The van der Waals surface area contributed by atoms with Gasteiger partial charge in [-0.05, 0) is 48.5 Å². The fraction of sp³-hybridized carbons (Fsp3) is 0.125. The average molecular weight is 495 g/mol. The Kier molecular flexibility index (Phi) is 5.91. The van der Waals surface area contributed by atoms with Gasteiger partial charge in [-0.25, -0.2) is 8.42 Å². The summed E-state index contributed by atoms with van der Waals surface area (Å²) >= 11 is 6.36. The van der Waals surface area contributed by atoms with Gasteiger partial charge < -0.3 is 10.1 Å². The molecule has 1 N–H and O–H groups in total. The predicted octanol–water partition coefficient (Wildman–Crippen LogP) is 4.33. The quantitative estimate of drug-likeness (QED) is 0.453. The highest BCUT2D eigenvalue weighted by molar-refractivity contribution is 7.92. The molecule has 1 aliphatic rings. The SMILES string of the molecule is O=C(Nc1cccc(-c2nccc3ncccc23)c1)c1ccc(N2CCOCS2(=O)=O)cc1Cl. The normalized spacial score (nSPS) is 15.3. The van der Waals surface area contributed by atoms with Crippen LogP contribution in [0, 0.1) is 0 Å². The number of nitrogens with zero attached hydrogens (tertiary/aromatic N) is 3. The molecule has 4 aromatic rings. The lowest BCUT2D eigenvalue weighted by Gasteiger charge is -2.28. The lowest BCUT2D eigenvalue weighted by Crippen LogP contribution is -2.41. The molecule has 0 aliphatic carbocycles. The first kappa shape index (κ1) is 22.3. The number of carbonyl (C=O) groups excluding carboxylic acids is 1. The zero-order valence-electron chi connectivity index (χ0n) is 17.8. The van der Waals surface area contributed by atoms with Crippen LogP contribution < -0.4 is 9.62 Å². The van der Waals surface area contributed by atoms with Crippen molar-refractivity contribution in [1.29, 1.82) is 0 Å². The van der Waals surface area contributed by atoms with Gasteiger partial charge in [-0.1, -0.05) is 23.7 Å². The van der Waals surface area contributed by atoms with Crippen LogP contribution in [0.3, 0.4) is 0 Å². The van der Waals surface area contributed by atoms with E-state index >= 15 is 0 Å². The minimum Gasteiger partial charge on any atom is -0.362 e. The summed E-state index contributed by atoms with van der Waals surface area (Å²) in [6, 6.07) is 17.5. The van der Waals surface area contributed by atoms with Crippen molar-refractivity contribution in [3.05, 3.63) is 83.6 Å². The van der Waals surface area contributed by atoms with Crippen molar-refractivity contribution in [2.45, 2.75) is 0 Å². The number of aromatic nitrogens is 2. The fourth-order valence-electron chi connectivity index (χ4n) is 3.82. The molecule has 0 saturated carbocycles. The molecule has 0 radical (unpaired) electrons. The number of benzene rings is 2. The van der Waals surface area contributed by atoms with E-state index in [0.29, 0.717) is 11.4 Å². The van der Waals surface area contributed by atoms with Crippen LogP contribution in [0.4, 0.5) is 11.4 Å². The highest BCUT2D eigenvalue weighted by Gasteiger charge is 2.27. The predicted molar refractivity (Wildman–Crippen MR) is 131 cm³/mol. The smallest absolute Gasteiger partial charge is 0.259 e. The molecule has 34 heavy (non-hydrogen) atoms. The number of fused-ring (bicyclic) bond motifs is 1. The van der Waals surface area contributed by atoms with Crippen molar-refractivity contribution in [3.8, 4) is 11.3 Å². The first-order valence-corrected chi connectivity index (χ1v) is 12.4. The zero-order valence-corrected chi connectivity index (χ0v) is 19.4. The van der Waals surface area contributed by atoms with E-state index in [2.05, 4.69) is 15.3 Å². The summed E-state index contributed by atoms with van der Waals surface area (Å²) in [6.45, 7) is 0.478. The third kappa shape index (κ3) is 4.33. The van der Waals surface area contributed by atoms with Crippen LogP contribution in [-0.4, -0.2) is 43.4 Å². The van der Waals surface area contributed by atoms with Crippen LogP contribution in [0.2, 0.25) is 5.02 Å². The molecule has 3 heterocycles. The van der Waals surface area contributed by atoms with Crippen molar-refractivity contribution in [2.24, 2.45) is 0 Å². The molecule has 2 aromatic carbocycles. The summed E-state index contributed by atoms with van der Waals surface area (Å²) in [7, 11) is -3.58. The number of hydrogen-bond acceptors (Lipinski definition) is 6. The Morgan fingerprint density at radius 2 is 1.91 bits per heavy atom. The van der Waals surface area contributed by atoms with E-state index in [1.807, 2.05) is 36.4 Å². The number of sulfonamides is 1. The van der Waals surface area contributed by atoms with Crippen LogP contribution in [0.25, 0.3) is 22.2 Å². The fourth-order valence-corrected chi connectivity index (χ4v) is 5.33. The molecule has 1 fully saturated rings. The Morgan fingerprint density at radius 3 is 2.74 bits per heavy atom. The monoisotopic (exact) mass is 494 g/mol. The van der Waals surface area contributed by atoms with Gasteiger partial charge in [0.1, 0.15) is 0 Å². The van der Waals surface area contributed by atoms with Gasteiger partial charge in [0, 0.05) is 29.0 Å². The number of nitrogens with one attached hydrogen (secondary N) is 1. The lowest BCUT2D eigenvalue weighted by atomic mass is 10.1. The first-order chi connectivity index (χ1) is 16.4. The third-order valence-corrected chi connectivity index (χ3v) is 7.26. The number of pyridine rings is 2. The van der Waals surface area contributed by atoms with E-state index in [4.69, 9.17) is 16.3 Å². The number of rotatable bonds is 4. The summed E-state index contributed by atoms with van der Waals surface area (Å²) in [6.07, 6.45) is 3.43. The molecule has 10 heteroatoms. The van der Waals surface area contributed by atoms with E-state index < -0.39 is 15.9 Å². The largest absolute Gasteiger partial charge is 0.362 e. The molecule has 1 aliphatic heterocycles. The molecule has 5 rings (SSSR count). The zero-order chi connectivity index (χ0) is 23.7. The van der Waals surface area contributed by atoms with Crippen LogP contribution in [0.15, 0.2) is 73.1 Å². The van der Waals surface area contributed by atoms with Gasteiger partial charge in [0.2, 0.25) is 0 Å².